The Morgan fingerprint density at radius 3 is 2.77 bits per heavy atom. The summed E-state index contributed by atoms with van der Waals surface area (Å²) >= 11 is 1.43. The highest BCUT2D eigenvalue weighted by molar-refractivity contribution is 7.14. The standard InChI is InChI=1S/C16H19N3OS.ClH/c1-10(17)15(20)19-16-18-14(9-21-16)13-7-6-11-4-2-3-5-12(11)8-13;/h6-10H,2-5,17H2,1H3,(H,18,19,20);1H. The summed E-state index contributed by atoms with van der Waals surface area (Å²) < 4.78 is 0. The van der Waals surface area contributed by atoms with Crippen molar-refractivity contribution in [1.29, 1.82) is 0 Å². The van der Waals surface area contributed by atoms with Gasteiger partial charge in [0, 0.05) is 10.9 Å². The van der Waals surface area contributed by atoms with Gasteiger partial charge in [0.25, 0.3) is 0 Å². The summed E-state index contributed by atoms with van der Waals surface area (Å²) in [4.78, 5) is 16.1. The molecule has 1 atom stereocenters. The number of aryl methyl sites for hydroxylation is 2. The normalized spacial score (nSPS) is 14.6. The molecule has 0 fully saturated rings. The van der Waals surface area contributed by atoms with Gasteiger partial charge in [-0.1, -0.05) is 12.1 Å². The van der Waals surface area contributed by atoms with Crippen molar-refractivity contribution in [2.45, 2.75) is 38.6 Å². The van der Waals surface area contributed by atoms with Gasteiger partial charge in [-0.2, -0.15) is 0 Å². The van der Waals surface area contributed by atoms with E-state index >= 15 is 0 Å². The van der Waals surface area contributed by atoms with Crippen LogP contribution in [-0.2, 0) is 17.6 Å². The molecule has 4 nitrogen and oxygen atoms in total. The van der Waals surface area contributed by atoms with Gasteiger partial charge in [0.1, 0.15) is 0 Å². The molecule has 22 heavy (non-hydrogen) atoms. The molecule has 6 heteroatoms. The number of rotatable bonds is 3. The maximum Gasteiger partial charge on any atom is 0.242 e. The minimum Gasteiger partial charge on any atom is -0.320 e. The summed E-state index contributed by atoms with van der Waals surface area (Å²) in [5.41, 5.74) is 10.5. The van der Waals surface area contributed by atoms with Crippen LogP contribution in [0.15, 0.2) is 23.6 Å². The number of fused-ring (bicyclic) bond motifs is 1. The second-order valence-corrected chi connectivity index (χ2v) is 6.36. The minimum atomic E-state index is -0.527. The minimum absolute atomic E-state index is 0. The number of halogens is 1. The molecule has 1 aromatic heterocycles. The molecule has 1 heterocycles. The molecule has 2 aromatic rings. The number of aromatic nitrogens is 1. The third-order valence-electron chi connectivity index (χ3n) is 3.79. The van der Waals surface area contributed by atoms with Crippen LogP contribution in [0.2, 0.25) is 0 Å². The molecule has 0 radical (unpaired) electrons. The number of nitrogens with one attached hydrogen (secondary N) is 1. The van der Waals surface area contributed by atoms with Crippen molar-refractivity contribution in [3.05, 3.63) is 34.7 Å². The Morgan fingerprint density at radius 2 is 2.05 bits per heavy atom. The molecule has 3 N–H and O–H groups in total. The van der Waals surface area contributed by atoms with Crippen molar-refractivity contribution >= 4 is 34.8 Å². The number of amides is 1. The smallest absolute Gasteiger partial charge is 0.242 e. The van der Waals surface area contributed by atoms with Crippen LogP contribution in [0.3, 0.4) is 0 Å². The molecular formula is C16H20ClN3OS. The first-order chi connectivity index (χ1) is 10.1. The molecule has 118 valence electrons. The van der Waals surface area contributed by atoms with E-state index in [0.29, 0.717) is 5.13 Å². The molecule has 0 bridgehead atoms. The number of hydrogen-bond donors (Lipinski definition) is 2. The van der Waals surface area contributed by atoms with Gasteiger partial charge in [-0.15, -0.1) is 23.7 Å². The van der Waals surface area contributed by atoms with Gasteiger partial charge in [0.15, 0.2) is 5.13 Å². The summed E-state index contributed by atoms with van der Waals surface area (Å²) in [5.74, 6) is -0.207. The van der Waals surface area contributed by atoms with Crippen LogP contribution in [0, 0.1) is 0 Å². The number of nitrogens with zero attached hydrogens (tertiary/aromatic N) is 1. The van der Waals surface area contributed by atoms with E-state index in [4.69, 9.17) is 5.73 Å². The average Bonchev–Trinajstić information content (AvgIpc) is 2.95. The fraction of sp³-hybridized carbons (Fsp3) is 0.375. The van der Waals surface area contributed by atoms with E-state index in [1.54, 1.807) is 6.92 Å². The number of carbonyl (C=O) groups is 1. The van der Waals surface area contributed by atoms with Gasteiger partial charge in [-0.25, -0.2) is 4.98 Å². The van der Waals surface area contributed by atoms with Crippen LogP contribution in [0.25, 0.3) is 11.3 Å². The second kappa shape index (κ2) is 7.22. The Bertz CT molecular complexity index is 669. The van der Waals surface area contributed by atoms with Gasteiger partial charge >= 0.3 is 0 Å². The van der Waals surface area contributed by atoms with Crippen molar-refractivity contribution in [3.63, 3.8) is 0 Å². The van der Waals surface area contributed by atoms with Crippen molar-refractivity contribution in [1.82, 2.24) is 4.98 Å². The van der Waals surface area contributed by atoms with Crippen LogP contribution in [0.4, 0.5) is 5.13 Å². The number of anilines is 1. The Hall–Kier alpha value is -1.43. The van der Waals surface area contributed by atoms with E-state index in [9.17, 15) is 4.79 Å². The summed E-state index contributed by atoms with van der Waals surface area (Å²) in [7, 11) is 0. The number of benzene rings is 1. The zero-order valence-corrected chi connectivity index (χ0v) is 14.1. The molecule has 0 saturated carbocycles. The quantitative estimate of drug-likeness (QED) is 0.902. The summed E-state index contributed by atoms with van der Waals surface area (Å²) in [6.07, 6.45) is 4.89. The van der Waals surface area contributed by atoms with Gasteiger partial charge in [-0.05, 0) is 49.8 Å². The Morgan fingerprint density at radius 1 is 1.32 bits per heavy atom. The zero-order chi connectivity index (χ0) is 14.8. The zero-order valence-electron chi connectivity index (χ0n) is 12.5. The van der Waals surface area contributed by atoms with Crippen LogP contribution in [0.1, 0.15) is 30.9 Å². The number of thiazole rings is 1. The molecule has 1 unspecified atom stereocenters. The van der Waals surface area contributed by atoms with Gasteiger partial charge in [0.05, 0.1) is 11.7 Å². The fourth-order valence-corrected chi connectivity index (χ4v) is 3.30. The summed E-state index contributed by atoms with van der Waals surface area (Å²) in [6, 6.07) is 6.04. The predicted molar refractivity (Wildman–Crippen MR) is 93.7 cm³/mol. The van der Waals surface area contributed by atoms with E-state index in [1.807, 2.05) is 5.38 Å². The molecule has 0 aliphatic heterocycles. The third-order valence-corrected chi connectivity index (χ3v) is 4.55. The Kier molecular flexibility index (Phi) is 5.56. The van der Waals surface area contributed by atoms with E-state index in [2.05, 4.69) is 28.5 Å². The third kappa shape index (κ3) is 3.66. The van der Waals surface area contributed by atoms with Crippen LogP contribution in [0.5, 0.6) is 0 Å². The molecule has 1 aliphatic rings. The number of carbonyl (C=O) groups excluding carboxylic acids is 1. The van der Waals surface area contributed by atoms with Gasteiger partial charge in [-0.3, -0.25) is 4.79 Å². The monoisotopic (exact) mass is 337 g/mol. The highest BCUT2D eigenvalue weighted by Gasteiger charge is 2.13. The SMILES string of the molecule is CC(N)C(=O)Nc1nc(-c2ccc3c(c2)CCCC3)cs1.Cl. The molecular weight excluding hydrogens is 318 g/mol. The molecule has 1 amide bonds. The van der Waals surface area contributed by atoms with Crippen molar-refractivity contribution in [2.24, 2.45) is 5.73 Å². The van der Waals surface area contributed by atoms with E-state index < -0.39 is 6.04 Å². The summed E-state index contributed by atoms with van der Waals surface area (Å²) in [6.45, 7) is 1.66. The maximum atomic E-state index is 11.6. The van der Waals surface area contributed by atoms with Crippen molar-refractivity contribution in [3.8, 4) is 11.3 Å². The lowest BCUT2D eigenvalue weighted by molar-refractivity contribution is -0.117. The Labute approximate surface area is 140 Å². The molecule has 1 aromatic carbocycles. The first kappa shape index (κ1) is 16.9. The first-order valence-electron chi connectivity index (χ1n) is 7.27. The molecule has 3 rings (SSSR count). The lowest BCUT2D eigenvalue weighted by atomic mass is 9.90. The topological polar surface area (TPSA) is 68.0 Å². The van der Waals surface area contributed by atoms with Crippen molar-refractivity contribution in [2.75, 3.05) is 5.32 Å². The fourth-order valence-electron chi connectivity index (χ4n) is 2.58. The highest BCUT2D eigenvalue weighted by atomic mass is 35.5. The predicted octanol–water partition coefficient (Wildman–Crippen LogP) is 3.40. The second-order valence-electron chi connectivity index (χ2n) is 5.51. The van der Waals surface area contributed by atoms with Crippen LogP contribution in [-0.4, -0.2) is 16.9 Å². The lowest BCUT2D eigenvalue weighted by Crippen LogP contribution is -2.32. The lowest BCUT2D eigenvalue weighted by Gasteiger charge is -2.16. The van der Waals surface area contributed by atoms with Gasteiger partial charge in [0.2, 0.25) is 5.91 Å². The maximum absolute atomic E-state index is 11.6. The van der Waals surface area contributed by atoms with E-state index in [1.165, 1.54) is 41.7 Å². The van der Waals surface area contributed by atoms with Crippen molar-refractivity contribution < 1.29 is 4.79 Å². The molecule has 1 aliphatic carbocycles. The Balaban J connectivity index is 0.00000176. The summed E-state index contributed by atoms with van der Waals surface area (Å²) in [5, 5.41) is 5.31. The first-order valence-corrected chi connectivity index (χ1v) is 8.15. The number of nitrogens with two attached hydrogens (primary N) is 1. The average molecular weight is 338 g/mol. The number of hydrogen-bond acceptors (Lipinski definition) is 4. The highest BCUT2D eigenvalue weighted by Crippen LogP contribution is 2.29. The van der Waals surface area contributed by atoms with E-state index in [-0.39, 0.29) is 18.3 Å². The van der Waals surface area contributed by atoms with Gasteiger partial charge < -0.3 is 11.1 Å². The largest absolute Gasteiger partial charge is 0.320 e. The van der Waals surface area contributed by atoms with E-state index in [0.717, 1.165) is 17.7 Å². The molecule has 0 spiro atoms. The molecule has 0 saturated heterocycles. The van der Waals surface area contributed by atoms with Crippen LogP contribution >= 0.6 is 23.7 Å². The van der Waals surface area contributed by atoms with Crippen LogP contribution < -0.4 is 11.1 Å².